The van der Waals surface area contributed by atoms with Crippen molar-refractivity contribution in [3.8, 4) is 0 Å². The predicted molar refractivity (Wildman–Crippen MR) is 60.2 cm³/mol. The van der Waals surface area contributed by atoms with Crippen LogP contribution >= 0.6 is 0 Å². The van der Waals surface area contributed by atoms with Crippen molar-refractivity contribution in [2.24, 2.45) is 0 Å². The average molecular weight is 202 g/mol. The van der Waals surface area contributed by atoms with Gasteiger partial charge in [-0.2, -0.15) is 0 Å². The summed E-state index contributed by atoms with van der Waals surface area (Å²) in [5, 5.41) is 9.36. The van der Waals surface area contributed by atoms with E-state index in [0.29, 0.717) is 6.61 Å². The summed E-state index contributed by atoms with van der Waals surface area (Å²) >= 11 is 0. The zero-order valence-corrected chi connectivity index (χ0v) is 9.80. The number of aliphatic hydroxyl groups excluding tert-OH is 1. The van der Waals surface area contributed by atoms with E-state index in [1.54, 1.807) is 0 Å². The van der Waals surface area contributed by atoms with Crippen LogP contribution in [-0.2, 0) is 4.74 Å². The van der Waals surface area contributed by atoms with Crippen LogP contribution in [0.4, 0.5) is 0 Å². The van der Waals surface area contributed by atoms with Crippen molar-refractivity contribution in [3.05, 3.63) is 0 Å². The second kappa shape index (κ2) is 11.0. The molecule has 86 valence electrons. The minimum Gasteiger partial charge on any atom is -0.368 e. The van der Waals surface area contributed by atoms with E-state index in [1.165, 1.54) is 25.7 Å². The summed E-state index contributed by atoms with van der Waals surface area (Å²) in [6.45, 7) is 5.05. The third-order valence-electron chi connectivity index (χ3n) is 2.36. The van der Waals surface area contributed by atoms with E-state index >= 15 is 0 Å². The first kappa shape index (κ1) is 13.9. The van der Waals surface area contributed by atoms with E-state index in [0.717, 1.165) is 25.7 Å². The van der Waals surface area contributed by atoms with Crippen LogP contribution < -0.4 is 0 Å². The molecule has 0 aromatic heterocycles. The summed E-state index contributed by atoms with van der Waals surface area (Å²) in [6.07, 6.45) is 8.64. The van der Waals surface area contributed by atoms with Crippen molar-refractivity contribution in [1.82, 2.24) is 0 Å². The lowest BCUT2D eigenvalue weighted by Gasteiger charge is -2.10. The Kier molecular flexibility index (Phi) is 10.9. The van der Waals surface area contributed by atoms with Gasteiger partial charge in [-0.15, -0.1) is 0 Å². The van der Waals surface area contributed by atoms with Crippen molar-refractivity contribution in [3.63, 3.8) is 0 Å². The molecule has 0 spiro atoms. The Hall–Kier alpha value is -0.0800. The number of hydrogen-bond donors (Lipinski definition) is 1. The number of rotatable bonds is 10. The summed E-state index contributed by atoms with van der Waals surface area (Å²) in [4.78, 5) is 0. The SMILES string of the molecule is CCCCCCCOC(O)CCCC. The van der Waals surface area contributed by atoms with Gasteiger partial charge in [0, 0.05) is 6.61 Å². The molecule has 0 aromatic rings. The molecule has 1 unspecified atom stereocenters. The molecule has 0 amide bonds. The summed E-state index contributed by atoms with van der Waals surface area (Å²) in [5.41, 5.74) is 0. The molecule has 1 atom stereocenters. The van der Waals surface area contributed by atoms with Gasteiger partial charge in [-0.3, -0.25) is 0 Å². The maximum absolute atomic E-state index is 9.36. The van der Waals surface area contributed by atoms with Crippen LogP contribution in [-0.4, -0.2) is 18.0 Å². The largest absolute Gasteiger partial charge is 0.368 e. The highest BCUT2D eigenvalue weighted by Gasteiger charge is 2.01. The fourth-order valence-corrected chi connectivity index (χ4v) is 1.39. The molecule has 0 bridgehead atoms. The Morgan fingerprint density at radius 3 is 2.21 bits per heavy atom. The standard InChI is InChI=1S/C12H26O2/c1-3-5-7-8-9-11-14-12(13)10-6-4-2/h12-13H,3-11H2,1-2H3. The lowest BCUT2D eigenvalue weighted by molar-refractivity contribution is -0.105. The highest BCUT2D eigenvalue weighted by molar-refractivity contribution is 4.45. The second-order valence-corrected chi connectivity index (χ2v) is 3.88. The van der Waals surface area contributed by atoms with E-state index in [4.69, 9.17) is 4.74 Å². The van der Waals surface area contributed by atoms with Gasteiger partial charge in [-0.05, 0) is 19.3 Å². The van der Waals surface area contributed by atoms with Crippen LogP contribution in [0.2, 0.25) is 0 Å². The topological polar surface area (TPSA) is 29.5 Å². The van der Waals surface area contributed by atoms with Crippen LogP contribution in [0.25, 0.3) is 0 Å². The molecule has 0 rings (SSSR count). The number of hydrogen-bond acceptors (Lipinski definition) is 2. The Morgan fingerprint density at radius 1 is 0.929 bits per heavy atom. The Labute approximate surface area is 88.7 Å². The van der Waals surface area contributed by atoms with Crippen molar-refractivity contribution < 1.29 is 9.84 Å². The molecule has 0 aliphatic carbocycles. The van der Waals surface area contributed by atoms with Gasteiger partial charge in [0.1, 0.15) is 0 Å². The van der Waals surface area contributed by atoms with Gasteiger partial charge in [0.15, 0.2) is 6.29 Å². The molecule has 0 heterocycles. The van der Waals surface area contributed by atoms with Crippen LogP contribution in [0.5, 0.6) is 0 Å². The molecule has 1 N–H and O–H groups in total. The highest BCUT2D eigenvalue weighted by Crippen LogP contribution is 2.05. The second-order valence-electron chi connectivity index (χ2n) is 3.88. The van der Waals surface area contributed by atoms with E-state index in [9.17, 15) is 5.11 Å². The van der Waals surface area contributed by atoms with Gasteiger partial charge < -0.3 is 9.84 Å². The minimum absolute atomic E-state index is 0.527. The van der Waals surface area contributed by atoms with Gasteiger partial charge in [0.05, 0.1) is 0 Å². The molecule has 2 nitrogen and oxygen atoms in total. The van der Waals surface area contributed by atoms with Gasteiger partial charge in [0.2, 0.25) is 0 Å². The van der Waals surface area contributed by atoms with Crippen LogP contribution in [0, 0.1) is 0 Å². The Bertz CT molecular complexity index is 104. The van der Waals surface area contributed by atoms with Crippen molar-refractivity contribution in [2.75, 3.05) is 6.61 Å². The first-order valence-electron chi connectivity index (χ1n) is 6.11. The predicted octanol–water partition coefficient (Wildman–Crippen LogP) is 3.48. The highest BCUT2D eigenvalue weighted by atomic mass is 16.6. The number of aliphatic hydroxyl groups is 1. The van der Waals surface area contributed by atoms with Crippen molar-refractivity contribution in [2.45, 2.75) is 71.5 Å². The zero-order valence-electron chi connectivity index (χ0n) is 9.80. The Morgan fingerprint density at radius 2 is 1.57 bits per heavy atom. The zero-order chi connectivity index (χ0) is 10.6. The van der Waals surface area contributed by atoms with E-state index in [1.807, 2.05) is 0 Å². The fraction of sp³-hybridized carbons (Fsp3) is 1.00. The number of unbranched alkanes of at least 4 members (excludes halogenated alkanes) is 5. The number of ether oxygens (including phenoxy) is 1. The smallest absolute Gasteiger partial charge is 0.154 e. The molecule has 0 aliphatic rings. The van der Waals surface area contributed by atoms with Gasteiger partial charge in [-0.25, -0.2) is 0 Å². The quantitative estimate of drug-likeness (QED) is 0.434. The van der Waals surface area contributed by atoms with Crippen LogP contribution in [0.3, 0.4) is 0 Å². The fourth-order valence-electron chi connectivity index (χ4n) is 1.39. The molecule has 0 fully saturated rings. The van der Waals surface area contributed by atoms with Crippen molar-refractivity contribution in [1.29, 1.82) is 0 Å². The van der Waals surface area contributed by atoms with Crippen molar-refractivity contribution >= 4 is 0 Å². The third-order valence-corrected chi connectivity index (χ3v) is 2.36. The van der Waals surface area contributed by atoms with Crippen LogP contribution in [0.15, 0.2) is 0 Å². The summed E-state index contributed by atoms with van der Waals surface area (Å²) in [6, 6.07) is 0. The Balaban J connectivity index is 3.02. The average Bonchev–Trinajstić information content (AvgIpc) is 2.20. The molecule has 14 heavy (non-hydrogen) atoms. The summed E-state index contributed by atoms with van der Waals surface area (Å²) in [5.74, 6) is 0. The minimum atomic E-state index is -0.527. The molecule has 2 heteroatoms. The molecule has 0 saturated carbocycles. The first-order valence-corrected chi connectivity index (χ1v) is 6.11. The third kappa shape index (κ3) is 10.0. The van der Waals surface area contributed by atoms with Gasteiger partial charge >= 0.3 is 0 Å². The van der Waals surface area contributed by atoms with E-state index < -0.39 is 6.29 Å². The molecule has 0 saturated heterocycles. The normalized spacial score (nSPS) is 13.1. The molecular weight excluding hydrogens is 176 g/mol. The lowest BCUT2D eigenvalue weighted by atomic mass is 10.2. The summed E-state index contributed by atoms with van der Waals surface area (Å²) < 4.78 is 5.28. The maximum Gasteiger partial charge on any atom is 0.154 e. The lowest BCUT2D eigenvalue weighted by Crippen LogP contribution is -2.12. The molecule has 0 radical (unpaired) electrons. The molecule has 0 aromatic carbocycles. The van der Waals surface area contributed by atoms with Crippen LogP contribution in [0.1, 0.15) is 65.2 Å². The van der Waals surface area contributed by atoms with E-state index in [2.05, 4.69) is 13.8 Å². The van der Waals surface area contributed by atoms with Gasteiger partial charge in [0.25, 0.3) is 0 Å². The summed E-state index contributed by atoms with van der Waals surface area (Å²) in [7, 11) is 0. The first-order chi connectivity index (χ1) is 6.81. The molecule has 0 aliphatic heterocycles. The van der Waals surface area contributed by atoms with Gasteiger partial charge in [-0.1, -0.05) is 46.0 Å². The van der Waals surface area contributed by atoms with E-state index in [-0.39, 0.29) is 0 Å². The molecular formula is C12H26O2. The monoisotopic (exact) mass is 202 g/mol. The maximum atomic E-state index is 9.36.